The second kappa shape index (κ2) is 5.06. The molecule has 0 bridgehead atoms. The van der Waals surface area contributed by atoms with Crippen molar-refractivity contribution in [2.45, 2.75) is 13.5 Å². The van der Waals surface area contributed by atoms with E-state index < -0.39 is 0 Å². The molecule has 4 nitrogen and oxygen atoms in total. The van der Waals surface area contributed by atoms with Gasteiger partial charge in [0, 0.05) is 16.5 Å². The number of nitrogen functional groups attached to an aromatic ring is 1. The number of benzene rings is 2. The molecule has 3 aromatic rings. The van der Waals surface area contributed by atoms with Gasteiger partial charge < -0.3 is 10.5 Å². The van der Waals surface area contributed by atoms with Crippen molar-refractivity contribution in [1.29, 1.82) is 0 Å². The van der Waals surface area contributed by atoms with E-state index >= 15 is 0 Å². The summed E-state index contributed by atoms with van der Waals surface area (Å²) < 4.78 is 5.76. The third kappa shape index (κ3) is 2.42. The number of nitrogens with one attached hydrogen (secondary N) is 1. The molecular formula is C15H14ClN3O. The molecule has 0 aliphatic carbocycles. The number of aryl methyl sites for hydroxylation is 1. The molecule has 0 saturated heterocycles. The van der Waals surface area contributed by atoms with E-state index in [9.17, 15) is 0 Å². The van der Waals surface area contributed by atoms with Gasteiger partial charge in [0.05, 0.1) is 5.52 Å². The van der Waals surface area contributed by atoms with Gasteiger partial charge in [0.25, 0.3) is 0 Å². The fraction of sp³-hybridized carbons (Fsp3) is 0.133. The maximum atomic E-state index is 6.09. The van der Waals surface area contributed by atoms with Crippen LogP contribution in [0, 0.1) is 6.92 Å². The molecule has 1 heterocycles. The predicted octanol–water partition coefficient (Wildman–Crippen LogP) is 3.69. The van der Waals surface area contributed by atoms with E-state index in [-0.39, 0.29) is 0 Å². The summed E-state index contributed by atoms with van der Waals surface area (Å²) in [5, 5.41) is 8.47. The van der Waals surface area contributed by atoms with Crippen molar-refractivity contribution < 1.29 is 4.74 Å². The van der Waals surface area contributed by atoms with Gasteiger partial charge in [-0.15, -0.1) is 0 Å². The molecule has 0 aliphatic rings. The Morgan fingerprint density at radius 2 is 2.10 bits per heavy atom. The average molecular weight is 288 g/mol. The van der Waals surface area contributed by atoms with Crippen molar-refractivity contribution in [3.63, 3.8) is 0 Å². The maximum absolute atomic E-state index is 6.09. The van der Waals surface area contributed by atoms with Crippen LogP contribution in [0.15, 0.2) is 36.4 Å². The molecule has 0 saturated carbocycles. The Hall–Kier alpha value is -2.20. The Morgan fingerprint density at radius 1 is 1.25 bits per heavy atom. The molecule has 0 aliphatic heterocycles. The van der Waals surface area contributed by atoms with Crippen LogP contribution in [0.5, 0.6) is 5.75 Å². The summed E-state index contributed by atoms with van der Waals surface area (Å²) in [5.41, 5.74) is 8.68. The van der Waals surface area contributed by atoms with Gasteiger partial charge in [0.15, 0.2) is 5.82 Å². The fourth-order valence-corrected chi connectivity index (χ4v) is 2.21. The van der Waals surface area contributed by atoms with Crippen molar-refractivity contribution in [1.82, 2.24) is 10.2 Å². The highest BCUT2D eigenvalue weighted by atomic mass is 35.5. The monoisotopic (exact) mass is 287 g/mol. The minimum atomic E-state index is 0.467. The van der Waals surface area contributed by atoms with E-state index in [1.807, 2.05) is 43.3 Å². The van der Waals surface area contributed by atoms with Crippen molar-refractivity contribution in [3.05, 3.63) is 52.5 Å². The molecule has 0 radical (unpaired) electrons. The highest BCUT2D eigenvalue weighted by Gasteiger charge is 2.04. The quantitative estimate of drug-likeness (QED) is 0.772. The molecule has 0 unspecified atom stereocenters. The van der Waals surface area contributed by atoms with Crippen LogP contribution in [0.25, 0.3) is 10.9 Å². The molecule has 1 aromatic heterocycles. The molecule has 0 atom stereocenters. The first-order chi connectivity index (χ1) is 9.63. The number of anilines is 1. The largest absolute Gasteiger partial charge is 0.489 e. The lowest BCUT2D eigenvalue weighted by Gasteiger charge is -2.07. The second-order valence-electron chi connectivity index (χ2n) is 4.69. The number of hydrogen-bond donors (Lipinski definition) is 2. The van der Waals surface area contributed by atoms with Gasteiger partial charge in [-0.25, -0.2) is 0 Å². The smallest absolute Gasteiger partial charge is 0.153 e. The molecule has 0 fully saturated rings. The van der Waals surface area contributed by atoms with Gasteiger partial charge >= 0.3 is 0 Å². The third-order valence-electron chi connectivity index (χ3n) is 3.21. The molecule has 3 N–H and O–H groups in total. The Kier molecular flexibility index (Phi) is 3.24. The Balaban J connectivity index is 1.77. The first-order valence-electron chi connectivity index (χ1n) is 6.25. The number of fused-ring (bicyclic) bond motifs is 1. The van der Waals surface area contributed by atoms with Crippen molar-refractivity contribution in [2.24, 2.45) is 0 Å². The van der Waals surface area contributed by atoms with E-state index in [4.69, 9.17) is 22.1 Å². The second-order valence-corrected chi connectivity index (χ2v) is 5.10. The highest BCUT2D eigenvalue weighted by Crippen LogP contribution is 2.24. The van der Waals surface area contributed by atoms with Crippen LogP contribution in [0.3, 0.4) is 0 Å². The zero-order valence-electron chi connectivity index (χ0n) is 11.0. The summed E-state index contributed by atoms with van der Waals surface area (Å²) in [6.45, 7) is 2.44. The number of H-pyrrole nitrogens is 1. The lowest BCUT2D eigenvalue weighted by molar-refractivity contribution is 0.306. The van der Waals surface area contributed by atoms with Crippen molar-refractivity contribution >= 4 is 28.3 Å². The molecular weight excluding hydrogens is 274 g/mol. The third-order valence-corrected chi connectivity index (χ3v) is 3.61. The summed E-state index contributed by atoms with van der Waals surface area (Å²) in [4.78, 5) is 0. The number of aromatic nitrogens is 2. The van der Waals surface area contributed by atoms with Gasteiger partial charge in [-0.3, -0.25) is 5.10 Å². The average Bonchev–Trinajstić information content (AvgIpc) is 2.81. The summed E-state index contributed by atoms with van der Waals surface area (Å²) in [7, 11) is 0. The van der Waals surface area contributed by atoms with Gasteiger partial charge in [-0.05, 0) is 36.2 Å². The number of ether oxygens (including phenoxy) is 1. The fourth-order valence-electron chi connectivity index (χ4n) is 2.00. The predicted molar refractivity (Wildman–Crippen MR) is 81.0 cm³/mol. The number of aromatic amines is 1. The Morgan fingerprint density at radius 3 is 2.90 bits per heavy atom. The number of halogens is 1. The van der Waals surface area contributed by atoms with Crippen LogP contribution in [0.1, 0.15) is 11.1 Å². The van der Waals surface area contributed by atoms with Crippen LogP contribution in [0.2, 0.25) is 5.02 Å². The first-order valence-corrected chi connectivity index (χ1v) is 6.63. The topological polar surface area (TPSA) is 63.9 Å². The zero-order valence-corrected chi connectivity index (χ0v) is 11.7. The molecule has 20 heavy (non-hydrogen) atoms. The Bertz CT molecular complexity index is 767. The first kappa shape index (κ1) is 12.8. The summed E-state index contributed by atoms with van der Waals surface area (Å²) >= 11 is 6.09. The summed E-state index contributed by atoms with van der Waals surface area (Å²) in [6.07, 6.45) is 0. The molecule has 5 heteroatoms. The van der Waals surface area contributed by atoms with Gasteiger partial charge in [0.1, 0.15) is 12.4 Å². The number of hydrogen-bond acceptors (Lipinski definition) is 3. The van der Waals surface area contributed by atoms with E-state index in [2.05, 4.69) is 10.2 Å². The summed E-state index contributed by atoms with van der Waals surface area (Å²) in [5.74, 6) is 1.26. The van der Waals surface area contributed by atoms with E-state index in [0.29, 0.717) is 12.4 Å². The van der Waals surface area contributed by atoms with Crippen LogP contribution in [-0.2, 0) is 6.61 Å². The lowest BCUT2D eigenvalue weighted by Crippen LogP contribution is -1.95. The molecule has 0 amide bonds. The van der Waals surface area contributed by atoms with Crippen molar-refractivity contribution in [2.75, 3.05) is 5.73 Å². The minimum Gasteiger partial charge on any atom is -0.489 e. The van der Waals surface area contributed by atoms with E-state index in [0.717, 1.165) is 32.8 Å². The number of nitrogens with zero attached hydrogens (tertiary/aromatic N) is 1. The summed E-state index contributed by atoms with van der Waals surface area (Å²) in [6, 6.07) is 11.6. The van der Waals surface area contributed by atoms with E-state index in [1.165, 1.54) is 0 Å². The van der Waals surface area contributed by atoms with E-state index in [1.54, 1.807) is 0 Å². The number of rotatable bonds is 3. The van der Waals surface area contributed by atoms with Crippen LogP contribution in [0.4, 0.5) is 5.82 Å². The van der Waals surface area contributed by atoms with Gasteiger partial charge in [-0.2, -0.15) is 5.10 Å². The standard InChI is InChI=1S/C15H14ClN3O/c1-9-2-3-10(6-13(9)16)8-20-11-4-5-12-14(7-11)18-19-15(12)17/h2-7H,8H2,1H3,(H3,17,18,19). The van der Waals surface area contributed by atoms with Gasteiger partial charge in [0.2, 0.25) is 0 Å². The molecule has 0 spiro atoms. The molecule has 3 rings (SSSR count). The SMILES string of the molecule is Cc1ccc(COc2ccc3c(N)n[nH]c3c2)cc1Cl. The van der Waals surface area contributed by atoms with Crippen LogP contribution in [-0.4, -0.2) is 10.2 Å². The van der Waals surface area contributed by atoms with Gasteiger partial charge in [-0.1, -0.05) is 23.7 Å². The zero-order chi connectivity index (χ0) is 14.1. The molecule has 102 valence electrons. The number of nitrogens with two attached hydrogens (primary N) is 1. The van der Waals surface area contributed by atoms with Crippen molar-refractivity contribution in [3.8, 4) is 5.75 Å². The maximum Gasteiger partial charge on any atom is 0.153 e. The Labute approximate surface area is 121 Å². The normalized spacial score (nSPS) is 10.9. The van der Waals surface area contributed by atoms with Crippen LogP contribution < -0.4 is 10.5 Å². The highest BCUT2D eigenvalue weighted by molar-refractivity contribution is 6.31. The van der Waals surface area contributed by atoms with Crippen LogP contribution >= 0.6 is 11.6 Å². The lowest BCUT2D eigenvalue weighted by atomic mass is 10.1. The minimum absolute atomic E-state index is 0.467. The molecule has 2 aromatic carbocycles.